The summed E-state index contributed by atoms with van der Waals surface area (Å²) in [6.45, 7) is 5.20. The van der Waals surface area contributed by atoms with Crippen molar-refractivity contribution in [3.8, 4) is 11.5 Å². The molecule has 2 aromatic carbocycles. The van der Waals surface area contributed by atoms with E-state index in [2.05, 4.69) is 11.7 Å². The van der Waals surface area contributed by atoms with Gasteiger partial charge in [-0.1, -0.05) is 35.9 Å². The highest BCUT2D eigenvalue weighted by Gasteiger charge is 1.88. The van der Waals surface area contributed by atoms with Crippen LogP contribution < -0.4 is 9.47 Å². The fraction of sp³-hybridized carbons (Fsp3) is 0.188. The van der Waals surface area contributed by atoms with Crippen LogP contribution in [0.15, 0.2) is 54.6 Å². The van der Waals surface area contributed by atoms with Crippen LogP contribution >= 0.6 is 0 Å². The minimum absolute atomic E-state index is 0.412. The summed E-state index contributed by atoms with van der Waals surface area (Å²) in [5, 5.41) is 0. The molecule has 0 unspecified atom stereocenters. The quantitative estimate of drug-likeness (QED) is 0.786. The summed E-state index contributed by atoms with van der Waals surface area (Å²) in [6, 6.07) is 17.0. The third-order valence-electron chi connectivity index (χ3n) is 2.26. The van der Waals surface area contributed by atoms with Gasteiger partial charge in [-0.15, -0.1) is 0 Å². The van der Waals surface area contributed by atoms with Crippen LogP contribution in [0.4, 0.5) is 0 Å². The molecule has 0 N–H and O–H groups in total. The summed E-state index contributed by atoms with van der Waals surface area (Å²) in [5.41, 5.74) is 1.27. The number of benzene rings is 2. The van der Waals surface area contributed by atoms with Crippen molar-refractivity contribution in [3.05, 3.63) is 60.2 Å². The predicted molar refractivity (Wildman–Crippen MR) is 75.5 cm³/mol. The lowest BCUT2D eigenvalue weighted by molar-refractivity contribution is -0.120. The molecule has 0 heterocycles. The van der Waals surface area contributed by atoms with Gasteiger partial charge in [0.05, 0.1) is 6.61 Å². The average molecular weight is 258 g/mol. The molecule has 0 atom stereocenters. The molecule has 2 aromatic rings. The molecule has 0 aliphatic rings. The summed E-state index contributed by atoms with van der Waals surface area (Å²) in [4.78, 5) is 9.75. The van der Waals surface area contributed by atoms with Crippen molar-refractivity contribution >= 4 is 6.47 Å². The first-order chi connectivity index (χ1) is 9.26. The van der Waals surface area contributed by atoms with Gasteiger partial charge in [-0.05, 0) is 38.1 Å². The molecule has 0 aromatic heterocycles. The topological polar surface area (TPSA) is 35.5 Å². The monoisotopic (exact) mass is 258 g/mol. The molecule has 3 heteroatoms. The summed E-state index contributed by atoms with van der Waals surface area (Å²) in [5.74, 6) is 1.53. The Morgan fingerprint density at radius 2 is 1.58 bits per heavy atom. The van der Waals surface area contributed by atoms with Gasteiger partial charge in [0.15, 0.2) is 0 Å². The smallest absolute Gasteiger partial charge is 0.298 e. The Bertz CT molecular complexity index is 463. The van der Waals surface area contributed by atoms with E-state index in [0.29, 0.717) is 12.2 Å². The Hall–Kier alpha value is -2.29. The van der Waals surface area contributed by atoms with Crippen molar-refractivity contribution in [3.63, 3.8) is 0 Å². The second kappa shape index (κ2) is 8.75. The zero-order valence-corrected chi connectivity index (χ0v) is 11.2. The van der Waals surface area contributed by atoms with E-state index < -0.39 is 0 Å². The molecule has 0 radical (unpaired) electrons. The van der Waals surface area contributed by atoms with E-state index >= 15 is 0 Å². The van der Waals surface area contributed by atoms with Crippen LogP contribution in [-0.2, 0) is 4.79 Å². The van der Waals surface area contributed by atoms with Crippen molar-refractivity contribution in [1.29, 1.82) is 0 Å². The highest BCUT2D eigenvalue weighted by molar-refractivity contribution is 5.44. The van der Waals surface area contributed by atoms with E-state index in [9.17, 15) is 4.79 Å². The van der Waals surface area contributed by atoms with Crippen LogP contribution in [0.1, 0.15) is 12.5 Å². The van der Waals surface area contributed by atoms with Gasteiger partial charge in [0.1, 0.15) is 11.5 Å². The van der Waals surface area contributed by atoms with Crippen molar-refractivity contribution < 1.29 is 14.3 Å². The van der Waals surface area contributed by atoms with Crippen molar-refractivity contribution in [2.24, 2.45) is 0 Å². The van der Waals surface area contributed by atoms with E-state index in [-0.39, 0.29) is 0 Å². The van der Waals surface area contributed by atoms with Crippen molar-refractivity contribution in [2.45, 2.75) is 13.8 Å². The molecular weight excluding hydrogens is 240 g/mol. The standard InChI is InChI=1S/C9H12O.C7H6O2/c1-3-10-9-6-4-8(2)5-7-9;8-6-9-7-4-2-1-3-5-7/h4-7H,3H2,1-2H3;1-6H. The van der Waals surface area contributed by atoms with E-state index in [1.165, 1.54) is 5.56 Å². The third kappa shape index (κ3) is 6.27. The van der Waals surface area contributed by atoms with Gasteiger partial charge < -0.3 is 9.47 Å². The van der Waals surface area contributed by atoms with Crippen LogP contribution in [-0.4, -0.2) is 13.1 Å². The van der Waals surface area contributed by atoms with E-state index in [1.807, 2.05) is 37.3 Å². The molecule has 0 spiro atoms. The number of rotatable bonds is 4. The van der Waals surface area contributed by atoms with Gasteiger partial charge in [-0.25, -0.2) is 0 Å². The van der Waals surface area contributed by atoms with Gasteiger partial charge in [0, 0.05) is 0 Å². The van der Waals surface area contributed by atoms with Crippen molar-refractivity contribution in [1.82, 2.24) is 0 Å². The average Bonchev–Trinajstić information content (AvgIpc) is 2.44. The van der Waals surface area contributed by atoms with Gasteiger partial charge in [-0.2, -0.15) is 0 Å². The van der Waals surface area contributed by atoms with Crippen molar-refractivity contribution in [2.75, 3.05) is 6.61 Å². The maximum absolute atomic E-state index is 9.75. The zero-order valence-electron chi connectivity index (χ0n) is 11.2. The predicted octanol–water partition coefficient (Wildman–Crippen LogP) is 3.62. The Labute approximate surface area is 113 Å². The number of carbonyl (C=O) groups is 1. The van der Waals surface area contributed by atoms with E-state index in [0.717, 1.165) is 12.4 Å². The SMILES string of the molecule is CCOc1ccc(C)cc1.O=COc1ccccc1. The molecule has 3 nitrogen and oxygen atoms in total. The number of aryl methyl sites for hydroxylation is 1. The number of para-hydroxylation sites is 1. The lowest BCUT2D eigenvalue weighted by Crippen LogP contribution is -1.90. The molecule has 0 aliphatic carbocycles. The highest BCUT2D eigenvalue weighted by Crippen LogP contribution is 2.10. The Morgan fingerprint density at radius 1 is 0.947 bits per heavy atom. The molecule has 19 heavy (non-hydrogen) atoms. The minimum atomic E-state index is 0.412. The lowest BCUT2D eigenvalue weighted by Gasteiger charge is -2.01. The summed E-state index contributed by atoms with van der Waals surface area (Å²) in [6.07, 6.45) is 0. The van der Waals surface area contributed by atoms with Gasteiger partial charge in [0.25, 0.3) is 6.47 Å². The first-order valence-corrected chi connectivity index (χ1v) is 6.11. The second-order valence-electron chi connectivity index (χ2n) is 3.77. The molecule has 0 bridgehead atoms. The molecule has 100 valence electrons. The Kier molecular flexibility index (Phi) is 6.80. The largest absolute Gasteiger partial charge is 0.494 e. The van der Waals surface area contributed by atoms with Crippen LogP contribution in [0, 0.1) is 6.92 Å². The first-order valence-electron chi connectivity index (χ1n) is 6.11. The first kappa shape index (κ1) is 14.8. The van der Waals surface area contributed by atoms with Gasteiger partial charge in [0.2, 0.25) is 0 Å². The highest BCUT2D eigenvalue weighted by atomic mass is 16.5. The maximum atomic E-state index is 9.75. The maximum Gasteiger partial charge on any atom is 0.298 e. The molecule has 2 rings (SSSR count). The molecule has 0 fully saturated rings. The molecular formula is C16H18O3. The Balaban J connectivity index is 0.000000191. The lowest BCUT2D eigenvalue weighted by atomic mass is 10.2. The fourth-order valence-electron chi connectivity index (χ4n) is 1.36. The molecule has 0 aliphatic heterocycles. The number of hydrogen-bond acceptors (Lipinski definition) is 3. The number of carbonyl (C=O) groups excluding carboxylic acids is 1. The van der Waals surface area contributed by atoms with E-state index in [4.69, 9.17) is 4.74 Å². The van der Waals surface area contributed by atoms with Gasteiger partial charge in [-0.3, -0.25) is 4.79 Å². The molecule has 0 amide bonds. The number of ether oxygens (including phenoxy) is 2. The van der Waals surface area contributed by atoms with E-state index in [1.54, 1.807) is 24.3 Å². The number of hydrogen-bond donors (Lipinski definition) is 0. The summed E-state index contributed by atoms with van der Waals surface area (Å²) >= 11 is 0. The van der Waals surface area contributed by atoms with Crippen LogP contribution in [0.5, 0.6) is 11.5 Å². The van der Waals surface area contributed by atoms with Gasteiger partial charge >= 0.3 is 0 Å². The summed E-state index contributed by atoms with van der Waals surface area (Å²) < 4.78 is 9.79. The normalized spacial score (nSPS) is 8.95. The van der Waals surface area contributed by atoms with Crippen LogP contribution in [0.2, 0.25) is 0 Å². The minimum Gasteiger partial charge on any atom is -0.494 e. The third-order valence-corrected chi connectivity index (χ3v) is 2.26. The Morgan fingerprint density at radius 3 is 2.11 bits per heavy atom. The second-order valence-corrected chi connectivity index (χ2v) is 3.77. The van der Waals surface area contributed by atoms with Crippen LogP contribution in [0.25, 0.3) is 0 Å². The zero-order chi connectivity index (χ0) is 13.9. The molecule has 0 saturated heterocycles. The van der Waals surface area contributed by atoms with Crippen LogP contribution in [0.3, 0.4) is 0 Å². The molecule has 0 saturated carbocycles. The summed E-state index contributed by atoms with van der Waals surface area (Å²) in [7, 11) is 0. The fourth-order valence-corrected chi connectivity index (χ4v) is 1.36.